The van der Waals surface area contributed by atoms with E-state index in [9.17, 15) is 14.0 Å². The molecule has 1 unspecified atom stereocenters. The monoisotopic (exact) mass is 300 g/mol. The number of hydrogen-bond acceptors (Lipinski definition) is 2. The van der Waals surface area contributed by atoms with Crippen molar-refractivity contribution in [3.63, 3.8) is 0 Å². The number of amides is 2. The minimum absolute atomic E-state index is 0.0200. The molecule has 2 amide bonds. The molecule has 0 radical (unpaired) electrons. The minimum atomic E-state index is -0.682. The number of nitrogens with one attached hydrogen (secondary N) is 2. The highest BCUT2D eigenvalue weighted by atomic mass is 19.1. The molecule has 2 aromatic carbocycles. The van der Waals surface area contributed by atoms with Crippen molar-refractivity contribution >= 4 is 11.8 Å². The van der Waals surface area contributed by atoms with Gasteiger partial charge in [-0.15, -0.1) is 0 Å². The molecule has 5 heteroatoms. The Labute approximate surface area is 128 Å². The van der Waals surface area contributed by atoms with Crippen LogP contribution in [0.4, 0.5) is 4.39 Å². The number of benzene rings is 2. The van der Waals surface area contributed by atoms with Crippen LogP contribution in [0.2, 0.25) is 0 Å². The van der Waals surface area contributed by atoms with Crippen molar-refractivity contribution in [2.45, 2.75) is 19.3 Å². The number of rotatable bonds is 4. The van der Waals surface area contributed by atoms with E-state index in [-0.39, 0.29) is 23.8 Å². The molecule has 0 aliphatic carbocycles. The molecule has 0 saturated heterocycles. The maximum absolute atomic E-state index is 13.4. The van der Waals surface area contributed by atoms with Gasteiger partial charge in [-0.2, -0.15) is 0 Å². The molecule has 0 bridgehead atoms. The molecule has 4 nitrogen and oxygen atoms in total. The van der Waals surface area contributed by atoms with E-state index in [0.717, 1.165) is 5.56 Å². The standard InChI is InChI=1S/C17H17FN2O2/c1-12(13-7-3-2-4-8-13)11-16(21)19-20-17(22)14-9-5-6-10-15(14)18/h2-10,12H,11H2,1H3,(H,19,21)(H,20,22). The largest absolute Gasteiger partial charge is 0.273 e. The SMILES string of the molecule is CC(CC(=O)NNC(=O)c1ccccc1F)c1ccccc1. The highest BCUT2D eigenvalue weighted by Gasteiger charge is 2.14. The van der Waals surface area contributed by atoms with E-state index in [1.807, 2.05) is 37.3 Å². The number of carbonyl (C=O) groups excluding carboxylic acids is 2. The second kappa shape index (κ2) is 7.36. The molecule has 0 saturated carbocycles. The quantitative estimate of drug-likeness (QED) is 0.853. The smallest absolute Gasteiger partial charge is 0.272 e. The van der Waals surface area contributed by atoms with Crippen LogP contribution < -0.4 is 10.9 Å². The lowest BCUT2D eigenvalue weighted by molar-refractivity contribution is -0.122. The van der Waals surface area contributed by atoms with Crippen LogP contribution in [-0.2, 0) is 4.79 Å². The average Bonchev–Trinajstić information content (AvgIpc) is 2.54. The predicted molar refractivity (Wildman–Crippen MR) is 81.5 cm³/mol. The van der Waals surface area contributed by atoms with Crippen LogP contribution in [0.3, 0.4) is 0 Å². The van der Waals surface area contributed by atoms with Gasteiger partial charge < -0.3 is 0 Å². The second-order valence-corrected chi connectivity index (χ2v) is 5.00. The molecule has 2 aromatic rings. The van der Waals surface area contributed by atoms with Crippen LogP contribution in [0.1, 0.15) is 35.2 Å². The summed E-state index contributed by atoms with van der Waals surface area (Å²) >= 11 is 0. The van der Waals surface area contributed by atoms with Crippen LogP contribution in [-0.4, -0.2) is 11.8 Å². The first-order valence-corrected chi connectivity index (χ1v) is 6.96. The molecular formula is C17H17FN2O2. The molecule has 0 aromatic heterocycles. The molecule has 22 heavy (non-hydrogen) atoms. The van der Waals surface area contributed by atoms with Gasteiger partial charge in [0.1, 0.15) is 5.82 Å². The summed E-state index contributed by atoms with van der Waals surface area (Å²) in [7, 11) is 0. The van der Waals surface area contributed by atoms with Gasteiger partial charge in [0.15, 0.2) is 0 Å². The lowest BCUT2D eigenvalue weighted by atomic mass is 9.98. The average molecular weight is 300 g/mol. The third kappa shape index (κ3) is 4.15. The van der Waals surface area contributed by atoms with Crippen molar-refractivity contribution in [2.75, 3.05) is 0 Å². The lowest BCUT2D eigenvalue weighted by Gasteiger charge is -2.12. The maximum Gasteiger partial charge on any atom is 0.272 e. The van der Waals surface area contributed by atoms with E-state index in [4.69, 9.17) is 0 Å². The summed E-state index contributed by atoms with van der Waals surface area (Å²) in [6.45, 7) is 1.92. The Morgan fingerprint density at radius 2 is 1.64 bits per heavy atom. The van der Waals surface area contributed by atoms with E-state index in [1.165, 1.54) is 18.2 Å². The van der Waals surface area contributed by atoms with Crippen molar-refractivity contribution in [3.05, 3.63) is 71.5 Å². The fraction of sp³-hybridized carbons (Fsp3) is 0.176. The number of carbonyl (C=O) groups is 2. The minimum Gasteiger partial charge on any atom is -0.273 e. The molecule has 0 spiro atoms. The van der Waals surface area contributed by atoms with Crippen molar-refractivity contribution in [1.82, 2.24) is 10.9 Å². The molecule has 1 atom stereocenters. The Bertz CT molecular complexity index is 659. The van der Waals surface area contributed by atoms with Crippen LogP contribution >= 0.6 is 0 Å². The van der Waals surface area contributed by atoms with Gasteiger partial charge >= 0.3 is 0 Å². The number of halogens is 1. The summed E-state index contributed by atoms with van der Waals surface area (Å²) < 4.78 is 13.4. The van der Waals surface area contributed by atoms with E-state index in [2.05, 4.69) is 10.9 Å². The van der Waals surface area contributed by atoms with Crippen molar-refractivity contribution < 1.29 is 14.0 Å². The maximum atomic E-state index is 13.4. The zero-order chi connectivity index (χ0) is 15.9. The fourth-order valence-electron chi connectivity index (χ4n) is 2.07. The van der Waals surface area contributed by atoms with Crippen LogP contribution in [0.15, 0.2) is 54.6 Å². The summed E-state index contributed by atoms with van der Waals surface area (Å²) in [6.07, 6.45) is 0.224. The molecule has 0 aliphatic heterocycles. The topological polar surface area (TPSA) is 58.2 Å². The Kier molecular flexibility index (Phi) is 5.25. The van der Waals surface area contributed by atoms with Crippen LogP contribution in [0.5, 0.6) is 0 Å². The third-order valence-corrected chi connectivity index (χ3v) is 3.29. The highest BCUT2D eigenvalue weighted by Crippen LogP contribution is 2.17. The summed E-state index contributed by atoms with van der Waals surface area (Å²) in [5.41, 5.74) is 5.45. The second-order valence-electron chi connectivity index (χ2n) is 5.00. The first-order valence-electron chi connectivity index (χ1n) is 6.96. The lowest BCUT2D eigenvalue weighted by Crippen LogP contribution is -2.42. The van der Waals surface area contributed by atoms with Crippen molar-refractivity contribution in [2.24, 2.45) is 0 Å². The van der Waals surface area contributed by atoms with Gasteiger partial charge in [0.25, 0.3) is 5.91 Å². The van der Waals surface area contributed by atoms with Crippen molar-refractivity contribution in [3.8, 4) is 0 Å². The van der Waals surface area contributed by atoms with E-state index >= 15 is 0 Å². The summed E-state index contributed by atoms with van der Waals surface area (Å²) in [5, 5.41) is 0. The van der Waals surface area contributed by atoms with Gasteiger partial charge in [-0.1, -0.05) is 49.4 Å². The van der Waals surface area contributed by atoms with Crippen LogP contribution in [0.25, 0.3) is 0 Å². The Hall–Kier alpha value is -2.69. The Morgan fingerprint density at radius 1 is 1.00 bits per heavy atom. The normalized spacial score (nSPS) is 11.5. The molecule has 0 aliphatic rings. The molecule has 0 fully saturated rings. The molecule has 114 valence electrons. The van der Waals surface area contributed by atoms with E-state index < -0.39 is 11.7 Å². The Balaban J connectivity index is 1.85. The molecule has 2 rings (SSSR count). The highest BCUT2D eigenvalue weighted by molar-refractivity contribution is 5.95. The molecular weight excluding hydrogens is 283 g/mol. The number of hydrogen-bond donors (Lipinski definition) is 2. The van der Waals surface area contributed by atoms with E-state index in [0.29, 0.717) is 0 Å². The summed E-state index contributed by atoms with van der Waals surface area (Å²) in [5.74, 6) is -1.63. The van der Waals surface area contributed by atoms with Gasteiger partial charge in [0, 0.05) is 6.42 Å². The first-order chi connectivity index (χ1) is 10.6. The van der Waals surface area contributed by atoms with Crippen molar-refractivity contribution in [1.29, 1.82) is 0 Å². The summed E-state index contributed by atoms with van der Waals surface area (Å²) in [4.78, 5) is 23.6. The predicted octanol–water partition coefficient (Wildman–Crippen LogP) is 2.78. The van der Waals surface area contributed by atoms with Gasteiger partial charge in [0.05, 0.1) is 5.56 Å². The Morgan fingerprint density at radius 3 is 2.32 bits per heavy atom. The van der Waals surface area contributed by atoms with Gasteiger partial charge in [0.2, 0.25) is 5.91 Å². The fourth-order valence-corrected chi connectivity index (χ4v) is 2.07. The van der Waals surface area contributed by atoms with Crippen LogP contribution in [0, 0.1) is 5.82 Å². The number of hydrazine groups is 1. The van der Waals surface area contributed by atoms with Gasteiger partial charge in [-0.05, 0) is 23.6 Å². The third-order valence-electron chi connectivity index (χ3n) is 3.29. The van der Waals surface area contributed by atoms with Gasteiger partial charge in [-0.25, -0.2) is 4.39 Å². The molecule has 2 N–H and O–H groups in total. The van der Waals surface area contributed by atoms with E-state index in [1.54, 1.807) is 6.07 Å². The summed E-state index contributed by atoms with van der Waals surface area (Å²) in [6, 6.07) is 15.2. The zero-order valence-electron chi connectivity index (χ0n) is 12.2. The molecule has 0 heterocycles. The van der Waals surface area contributed by atoms with Gasteiger partial charge in [-0.3, -0.25) is 20.4 Å². The first kappa shape index (κ1) is 15.7. The zero-order valence-corrected chi connectivity index (χ0v) is 12.2.